The molecule has 0 aromatic heterocycles. The highest BCUT2D eigenvalue weighted by molar-refractivity contribution is 8.16. The van der Waals surface area contributed by atoms with Gasteiger partial charge in [0.15, 0.2) is 5.17 Å². The van der Waals surface area contributed by atoms with Gasteiger partial charge in [-0.2, -0.15) is 0 Å². The van der Waals surface area contributed by atoms with Gasteiger partial charge < -0.3 is 15.0 Å². The number of esters is 1. The number of fused-ring (bicyclic) bond motifs is 1. The standard InChI is InChI=1S/C28H31N3O3S/c1-18(20-12-8-6-9-13-20)29-23(32)16-22-17-35-27-30-19(2)24(26(33)34-28(3,4)5)25(31(22)27)21-14-10-7-11-15-21/h6-15,17-18,25H,16H2,1-5H3,(H,29,32)/t18-,25+/m1/s1. The molecule has 0 bridgehead atoms. The van der Waals surface area contributed by atoms with Crippen LogP contribution in [0.5, 0.6) is 0 Å². The van der Waals surface area contributed by atoms with Crippen LogP contribution in [0.3, 0.4) is 0 Å². The summed E-state index contributed by atoms with van der Waals surface area (Å²) in [5.41, 5.74) is 3.26. The number of ether oxygens (including phenoxy) is 1. The molecule has 2 aromatic carbocycles. The Morgan fingerprint density at radius 1 is 1.09 bits per heavy atom. The minimum absolute atomic E-state index is 0.0913. The highest BCUT2D eigenvalue weighted by atomic mass is 32.2. The van der Waals surface area contributed by atoms with E-state index in [4.69, 9.17) is 9.73 Å². The number of benzene rings is 2. The Balaban J connectivity index is 1.62. The van der Waals surface area contributed by atoms with Gasteiger partial charge in [-0.3, -0.25) is 4.79 Å². The van der Waals surface area contributed by atoms with E-state index in [1.165, 1.54) is 11.8 Å². The summed E-state index contributed by atoms with van der Waals surface area (Å²) in [6, 6.07) is 19.1. The van der Waals surface area contributed by atoms with Crippen LogP contribution < -0.4 is 5.32 Å². The van der Waals surface area contributed by atoms with Gasteiger partial charge in [-0.15, -0.1) is 0 Å². The molecule has 182 valence electrons. The van der Waals surface area contributed by atoms with Crippen LogP contribution in [-0.2, 0) is 14.3 Å². The Morgan fingerprint density at radius 3 is 2.34 bits per heavy atom. The maximum absolute atomic E-state index is 13.3. The summed E-state index contributed by atoms with van der Waals surface area (Å²) in [6.45, 7) is 9.37. The first-order chi connectivity index (χ1) is 16.6. The molecule has 0 fully saturated rings. The van der Waals surface area contributed by atoms with Crippen LogP contribution in [0, 0.1) is 0 Å². The maximum Gasteiger partial charge on any atom is 0.338 e. The number of carbonyl (C=O) groups excluding carboxylic acids is 2. The van der Waals surface area contributed by atoms with Gasteiger partial charge >= 0.3 is 5.97 Å². The SMILES string of the molecule is CC1=C(C(=O)OC(C)(C)C)[C@H](c2ccccc2)N2C(CC(=O)N[C@H](C)c3ccccc3)=CSC2=N1. The van der Waals surface area contributed by atoms with Crippen molar-refractivity contribution in [3.63, 3.8) is 0 Å². The summed E-state index contributed by atoms with van der Waals surface area (Å²) in [5, 5.41) is 5.79. The van der Waals surface area contributed by atoms with Crippen molar-refractivity contribution in [2.24, 2.45) is 4.99 Å². The van der Waals surface area contributed by atoms with Crippen LogP contribution in [0.25, 0.3) is 0 Å². The number of carbonyl (C=O) groups is 2. The smallest absolute Gasteiger partial charge is 0.338 e. The molecular formula is C28H31N3O3S. The van der Waals surface area contributed by atoms with E-state index in [-0.39, 0.29) is 18.4 Å². The van der Waals surface area contributed by atoms with Gasteiger partial charge in [0, 0.05) is 5.70 Å². The van der Waals surface area contributed by atoms with Gasteiger partial charge in [-0.05, 0) is 51.2 Å². The molecule has 2 aliphatic rings. The number of thioether (sulfide) groups is 1. The molecule has 0 saturated heterocycles. The van der Waals surface area contributed by atoms with Crippen LogP contribution in [0.4, 0.5) is 0 Å². The van der Waals surface area contributed by atoms with E-state index in [1.807, 2.05) is 106 Å². The van der Waals surface area contributed by atoms with Crippen molar-refractivity contribution < 1.29 is 14.3 Å². The summed E-state index contributed by atoms with van der Waals surface area (Å²) in [4.78, 5) is 33.1. The van der Waals surface area contributed by atoms with Gasteiger partial charge in [0.25, 0.3) is 0 Å². The van der Waals surface area contributed by atoms with Crippen LogP contribution in [-0.4, -0.2) is 27.5 Å². The number of nitrogens with one attached hydrogen (secondary N) is 1. The second kappa shape index (κ2) is 10.1. The molecule has 1 N–H and O–H groups in total. The molecule has 0 unspecified atom stereocenters. The highest BCUT2D eigenvalue weighted by Gasteiger charge is 2.41. The number of amidine groups is 1. The van der Waals surface area contributed by atoms with Crippen LogP contribution >= 0.6 is 11.8 Å². The summed E-state index contributed by atoms with van der Waals surface area (Å²) < 4.78 is 5.77. The maximum atomic E-state index is 13.3. The Bertz CT molecular complexity index is 1200. The van der Waals surface area contributed by atoms with E-state index in [0.717, 1.165) is 22.0 Å². The van der Waals surface area contributed by atoms with Crippen LogP contribution in [0.15, 0.2) is 88.0 Å². The number of hydrogen-bond acceptors (Lipinski definition) is 6. The minimum Gasteiger partial charge on any atom is -0.456 e. The van der Waals surface area contributed by atoms with Crippen molar-refractivity contribution in [3.8, 4) is 0 Å². The zero-order valence-corrected chi connectivity index (χ0v) is 21.6. The number of hydrogen-bond donors (Lipinski definition) is 1. The number of allylic oxidation sites excluding steroid dienone is 1. The normalized spacial score (nSPS) is 18.4. The quantitative estimate of drug-likeness (QED) is 0.514. The lowest BCUT2D eigenvalue weighted by Crippen LogP contribution is -2.39. The first kappa shape index (κ1) is 24.8. The molecule has 2 atom stereocenters. The summed E-state index contributed by atoms with van der Waals surface area (Å²) in [5.74, 6) is -0.489. The predicted molar refractivity (Wildman–Crippen MR) is 140 cm³/mol. The van der Waals surface area contributed by atoms with E-state index in [1.54, 1.807) is 0 Å². The van der Waals surface area contributed by atoms with Crippen molar-refractivity contribution in [1.82, 2.24) is 10.2 Å². The Kier molecular flexibility index (Phi) is 7.17. The largest absolute Gasteiger partial charge is 0.456 e. The molecule has 35 heavy (non-hydrogen) atoms. The molecule has 2 heterocycles. The first-order valence-corrected chi connectivity index (χ1v) is 12.6. The van der Waals surface area contributed by atoms with Crippen molar-refractivity contribution in [2.75, 3.05) is 0 Å². The fraction of sp³-hybridized carbons (Fsp3) is 0.321. The highest BCUT2D eigenvalue weighted by Crippen LogP contribution is 2.45. The molecule has 0 aliphatic carbocycles. The van der Waals surface area contributed by atoms with Crippen molar-refractivity contribution in [2.45, 2.75) is 58.7 Å². The topological polar surface area (TPSA) is 71.0 Å². The average molecular weight is 490 g/mol. The average Bonchev–Trinajstić information content (AvgIpc) is 3.19. The van der Waals surface area contributed by atoms with Gasteiger partial charge in [-0.1, -0.05) is 72.4 Å². The van der Waals surface area contributed by atoms with Crippen LogP contribution in [0.2, 0.25) is 0 Å². The van der Waals surface area contributed by atoms with E-state index < -0.39 is 17.6 Å². The predicted octanol–water partition coefficient (Wildman–Crippen LogP) is 5.87. The van der Waals surface area contributed by atoms with Gasteiger partial charge in [-0.25, -0.2) is 9.79 Å². The molecule has 2 aliphatic heterocycles. The first-order valence-electron chi connectivity index (χ1n) is 11.7. The van der Waals surface area contributed by atoms with Crippen molar-refractivity contribution in [1.29, 1.82) is 0 Å². The second-order valence-electron chi connectivity index (χ2n) is 9.68. The van der Waals surface area contributed by atoms with Gasteiger partial charge in [0.1, 0.15) is 5.60 Å². The lowest BCUT2D eigenvalue weighted by Gasteiger charge is -2.37. The molecular weight excluding hydrogens is 458 g/mol. The molecule has 0 radical (unpaired) electrons. The molecule has 0 saturated carbocycles. The molecule has 1 amide bonds. The monoisotopic (exact) mass is 489 g/mol. The molecule has 7 heteroatoms. The van der Waals surface area contributed by atoms with E-state index in [0.29, 0.717) is 11.3 Å². The van der Waals surface area contributed by atoms with E-state index in [9.17, 15) is 9.59 Å². The summed E-state index contributed by atoms with van der Waals surface area (Å²) >= 11 is 1.47. The summed E-state index contributed by atoms with van der Waals surface area (Å²) in [6.07, 6.45) is 0.174. The van der Waals surface area contributed by atoms with E-state index in [2.05, 4.69) is 5.32 Å². The molecule has 2 aromatic rings. The number of rotatable bonds is 6. The summed E-state index contributed by atoms with van der Waals surface area (Å²) in [7, 11) is 0. The van der Waals surface area contributed by atoms with Gasteiger partial charge in [0.2, 0.25) is 5.91 Å². The lowest BCUT2D eigenvalue weighted by molar-refractivity contribution is -0.150. The Morgan fingerprint density at radius 2 is 1.71 bits per heavy atom. The third-order valence-electron chi connectivity index (χ3n) is 5.75. The number of amides is 1. The van der Waals surface area contributed by atoms with E-state index >= 15 is 0 Å². The molecule has 0 spiro atoms. The molecule has 6 nitrogen and oxygen atoms in total. The number of aliphatic imine (C=N–C) groups is 1. The minimum atomic E-state index is -0.637. The fourth-order valence-corrected chi connectivity index (χ4v) is 5.16. The second-order valence-corrected chi connectivity index (χ2v) is 10.5. The number of nitrogens with zero attached hydrogens (tertiary/aromatic N) is 2. The van der Waals surface area contributed by atoms with Crippen molar-refractivity contribution >= 4 is 28.8 Å². The lowest BCUT2D eigenvalue weighted by atomic mass is 9.93. The molecule has 4 rings (SSSR count). The fourth-order valence-electron chi connectivity index (χ4n) is 4.20. The third kappa shape index (κ3) is 5.68. The van der Waals surface area contributed by atoms with Gasteiger partial charge in [0.05, 0.1) is 29.8 Å². The Hall–Kier alpha value is -3.32. The third-order valence-corrected chi connectivity index (χ3v) is 6.64. The zero-order chi connectivity index (χ0) is 25.2. The zero-order valence-electron chi connectivity index (χ0n) is 20.7. The van der Waals surface area contributed by atoms with Crippen LogP contribution in [0.1, 0.15) is 64.3 Å². The Labute approximate surface area is 211 Å². The van der Waals surface area contributed by atoms with Crippen molar-refractivity contribution in [3.05, 3.63) is 94.2 Å².